The van der Waals surface area contributed by atoms with E-state index in [1.807, 2.05) is 6.07 Å². The average molecular weight is 585 g/mol. The van der Waals surface area contributed by atoms with E-state index < -0.39 is 42.8 Å². The van der Waals surface area contributed by atoms with Crippen LogP contribution in [-0.4, -0.2) is 45.6 Å². The summed E-state index contributed by atoms with van der Waals surface area (Å²) < 4.78 is 66.0. The van der Waals surface area contributed by atoms with E-state index in [0.717, 1.165) is 5.56 Å². The SMILES string of the molecule is CCOC(=O)C(CC(F)F)c1cc2nc([C@@H](NC(=O)OCc3ccccc3)C3CCC(F)(F)CC3)cn2nc1Cl. The molecule has 40 heavy (non-hydrogen) atoms. The van der Waals surface area contributed by atoms with E-state index in [0.29, 0.717) is 5.69 Å². The molecule has 1 saturated carbocycles. The van der Waals surface area contributed by atoms with Gasteiger partial charge in [0, 0.05) is 24.8 Å². The molecule has 0 bridgehead atoms. The largest absolute Gasteiger partial charge is 0.466 e. The van der Waals surface area contributed by atoms with Crippen molar-refractivity contribution in [3.63, 3.8) is 0 Å². The zero-order valence-electron chi connectivity index (χ0n) is 21.7. The van der Waals surface area contributed by atoms with Gasteiger partial charge in [0.2, 0.25) is 12.3 Å². The Kier molecular flexibility index (Phi) is 9.49. The third kappa shape index (κ3) is 7.41. The number of esters is 1. The number of benzene rings is 1. The molecular formula is C27H29ClF4N4O4. The van der Waals surface area contributed by atoms with Gasteiger partial charge in [0.25, 0.3) is 0 Å². The lowest BCUT2D eigenvalue weighted by atomic mass is 9.81. The highest BCUT2D eigenvalue weighted by Crippen LogP contribution is 2.41. The molecular weight excluding hydrogens is 556 g/mol. The number of hydrogen-bond acceptors (Lipinski definition) is 6. The number of ether oxygens (including phenoxy) is 2. The van der Waals surface area contributed by atoms with Crippen molar-refractivity contribution in [1.82, 2.24) is 19.9 Å². The molecule has 8 nitrogen and oxygen atoms in total. The van der Waals surface area contributed by atoms with Gasteiger partial charge < -0.3 is 14.8 Å². The van der Waals surface area contributed by atoms with Crippen LogP contribution in [0, 0.1) is 5.92 Å². The summed E-state index contributed by atoms with van der Waals surface area (Å²) in [4.78, 5) is 29.7. The van der Waals surface area contributed by atoms with Crippen molar-refractivity contribution < 1.29 is 36.6 Å². The number of halogens is 5. The number of amides is 1. The number of alkyl carbamates (subject to hydrolysis) is 1. The van der Waals surface area contributed by atoms with Crippen LogP contribution in [0.4, 0.5) is 22.4 Å². The van der Waals surface area contributed by atoms with Gasteiger partial charge >= 0.3 is 12.1 Å². The second-order valence-corrected chi connectivity index (χ2v) is 10.0. The summed E-state index contributed by atoms with van der Waals surface area (Å²) in [5.41, 5.74) is 1.26. The summed E-state index contributed by atoms with van der Waals surface area (Å²) in [6.07, 6.45) is -3.33. The number of imidazole rings is 1. The molecule has 1 aliphatic rings. The zero-order chi connectivity index (χ0) is 28.9. The van der Waals surface area contributed by atoms with Crippen molar-refractivity contribution in [3.05, 3.63) is 64.6 Å². The molecule has 2 heterocycles. The molecule has 0 saturated heterocycles. The molecule has 3 aromatic rings. The fraction of sp³-hybridized carbons (Fsp3) is 0.481. The number of nitrogens with one attached hydrogen (secondary N) is 1. The lowest BCUT2D eigenvalue weighted by Crippen LogP contribution is -2.37. The molecule has 1 aliphatic carbocycles. The summed E-state index contributed by atoms with van der Waals surface area (Å²) in [6.45, 7) is 1.56. The topological polar surface area (TPSA) is 94.8 Å². The van der Waals surface area contributed by atoms with E-state index in [2.05, 4.69) is 15.4 Å². The first-order chi connectivity index (χ1) is 19.1. The van der Waals surface area contributed by atoms with Crippen LogP contribution in [0.3, 0.4) is 0 Å². The monoisotopic (exact) mass is 584 g/mol. The molecule has 1 fully saturated rings. The van der Waals surface area contributed by atoms with Crippen LogP contribution in [0.5, 0.6) is 0 Å². The molecule has 4 rings (SSSR count). The number of fused-ring (bicyclic) bond motifs is 1. The average Bonchev–Trinajstić information content (AvgIpc) is 3.32. The van der Waals surface area contributed by atoms with Gasteiger partial charge in [-0.3, -0.25) is 4.79 Å². The highest BCUT2D eigenvalue weighted by Gasteiger charge is 2.39. The van der Waals surface area contributed by atoms with Crippen molar-refractivity contribution >= 4 is 29.3 Å². The van der Waals surface area contributed by atoms with E-state index in [1.165, 1.54) is 16.8 Å². The zero-order valence-corrected chi connectivity index (χ0v) is 22.4. The first-order valence-electron chi connectivity index (χ1n) is 12.9. The quantitative estimate of drug-likeness (QED) is 0.217. The number of aromatic nitrogens is 3. The van der Waals surface area contributed by atoms with E-state index in [-0.39, 0.29) is 61.2 Å². The minimum atomic E-state index is -2.81. The Hall–Kier alpha value is -3.41. The normalized spacial score (nSPS) is 17.0. The number of carbonyl (C=O) groups excluding carboxylic acids is 2. The maximum atomic E-state index is 13.9. The number of hydrogen-bond donors (Lipinski definition) is 1. The molecule has 0 aliphatic heterocycles. The predicted octanol–water partition coefficient (Wildman–Crippen LogP) is 6.48. The maximum Gasteiger partial charge on any atom is 0.408 e. The molecule has 1 unspecified atom stereocenters. The van der Waals surface area contributed by atoms with Crippen LogP contribution in [0.1, 0.15) is 67.8 Å². The van der Waals surface area contributed by atoms with Crippen LogP contribution in [0.2, 0.25) is 5.15 Å². The van der Waals surface area contributed by atoms with Crippen molar-refractivity contribution in [2.75, 3.05) is 6.61 Å². The third-order valence-corrected chi connectivity index (χ3v) is 7.14. The molecule has 0 radical (unpaired) electrons. The van der Waals surface area contributed by atoms with E-state index >= 15 is 0 Å². The van der Waals surface area contributed by atoms with Gasteiger partial charge in [0.1, 0.15) is 6.61 Å². The first kappa shape index (κ1) is 29.6. The minimum absolute atomic E-state index is 0.00640. The highest BCUT2D eigenvalue weighted by atomic mass is 35.5. The molecule has 1 aromatic carbocycles. The highest BCUT2D eigenvalue weighted by molar-refractivity contribution is 6.30. The van der Waals surface area contributed by atoms with Crippen LogP contribution in [-0.2, 0) is 20.9 Å². The molecule has 2 atom stereocenters. The lowest BCUT2D eigenvalue weighted by molar-refractivity contribution is -0.146. The Balaban J connectivity index is 1.62. The van der Waals surface area contributed by atoms with Crippen LogP contribution >= 0.6 is 11.6 Å². The first-order valence-corrected chi connectivity index (χ1v) is 13.3. The summed E-state index contributed by atoms with van der Waals surface area (Å²) >= 11 is 6.29. The van der Waals surface area contributed by atoms with Crippen LogP contribution in [0.25, 0.3) is 5.65 Å². The lowest BCUT2D eigenvalue weighted by Gasteiger charge is -2.33. The second-order valence-electron chi connectivity index (χ2n) is 9.67. The summed E-state index contributed by atoms with van der Waals surface area (Å²) in [5.74, 6) is -5.40. The maximum absolute atomic E-state index is 13.9. The fourth-order valence-electron chi connectivity index (χ4n) is 4.82. The van der Waals surface area contributed by atoms with Gasteiger partial charge in [-0.1, -0.05) is 41.9 Å². The van der Waals surface area contributed by atoms with Gasteiger partial charge in [-0.05, 0) is 37.3 Å². The van der Waals surface area contributed by atoms with Crippen molar-refractivity contribution in [3.8, 4) is 0 Å². The molecule has 1 N–H and O–H groups in total. The molecule has 13 heteroatoms. The van der Waals surface area contributed by atoms with Crippen molar-refractivity contribution in [2.45, 2.75) is 69.9 Å². The van der Waals surface area contributed by atoms with E-state index in [1.54, 1.807) is 31.2 Å². The number of nitrogens with zero attached hydrogens (tertiary/aromatic N) is 3. The standard InChI is InChI=1S/C27H29ClF4N4O4/c1-2-39-25(37)19(12-21(29)30)18-13-22-33-20(14-36(22)35-24(18)28)23(17-8-10-27(31,32)11-9-17)34-26(38)40-15-16-6-4-3-5-7-16/h3-7,13-14,17,19,21,23H,2,8-12,15H2,1H3,(H,34,38)/t19?,23-/m0/s1. The Morgan fingerprint density at radius 2 is 1.88 bits per heavy atom. The molecule has 1 amide bonds. The summed E-state index contributed by atoms with van der Waals surface area (Å²) in [7, 11) is 0. The Morgan fingerprint density at radius 1 is 1.18 bits per heavy atom. The second kappa shape index (κ2) is 12.8. The van der Waals surface area contributed by atoms with Crippen LogP contribution in [0.15, 0.2) is 42.6 Å². The predicted molar refractivity (Wildman–Crippen MR) is 137 cm³/mol. The molecule has 2 aromatic heterocycles. The Labute approximate surface area is 233 Å². The van der Waals surface area contributed by atoms with Crippen molar-refractivity contribution in [2.24, 2.45) is 5.92 Å². The van der Waals surface area contributed by atoms with Crippen molar-refractivity contribution in [1.29, 1.82) is 0 Å². The van der Waals surface area contributed by atoms with Gasteiger partial charge in [-0.2, -0.15) is 5.10 Å². The Bertz CT molecular complexity index is 1310. The molecule has 216 valence electrons. The summed E-state index contributed by atoms with van der Waals surface area (Å²) in [6, 6.07) is 9.59. The third-order valence-electron chi connectivity index (χ3n) is 6.85. The van der Waals surface area contributed by atoms with Gasteiger partial charge in [-0.25, -0.2) is 31.9 Å². The van der Waals surface area contributed by atoms with Gasteiger partial charge in [0.05, 0.1) is 30.5 Å². The Morgan fingerprint density at radius 3 is 2.52 bits per heavy atom. The number of alkyl halides is 4. The fourth-order valence-corrected chi connectivity index (χ4v) is 5.09. The van der Waals surface area contributed by atoms with Gasteiger partial charge in [0.15, 0.2) is 10.8 Å². The van der Waals surface area contributed by atoms with E-state index in [9.17, 15) is 27.2 Å². The smallest absolute Gasteiger partial charge is 0.408 e. The summed E-state index contributed by atoms with van der Waals surface area (Å²) in [5, 5.41) is 6.74. The van der Waals surface area contributed by atoms with Gasteiger partial charge in [-0.15, -0.1) is 0 Å². The molecule has 0 spiro atoms. The minimum Gasteiger partial charge on any atom is -0.466 e. The number of carbonyl (C=O) groups is 2. The van der Waals surface area contributed by atoms with Crippen LogP contribution < -0.4 is 5.32 Å². The van der Waals surface area contributed by atoms with E-state index in [4.69, 9.17) is 21.1 Å². The number of rotatable bonds is 10.